The summed E-state index contributed by atoms with van der Waals surface area (Å²) in [6.07, 6.45) is 3.61. The zero-order chi connectivity index (χ0) is 37.5. The summed E-state index contributed by atoms with van der Waals surface area (Å²) in [5.41, 5.74) is 4.67. The van der Waals surface area contributed by atoms with Gasteiger partial charge >= 0.3 is 15.2 Å². The van der Waals surface area contributed by atoms with Crippen LogP contribution >= 0.6 is 15.2 Å². The van der Waals surface area contributed by atoms with Crippen LogP contribution in [0.1, 0.15) is 156 Å². The molecule has 0 atom stereocenters. The smallest absolute Gasteiger partial charge is 0.329 e. The van der Waals surface area contributed by atoms with Gasteiger partial charge in [-0.2, -0.15) is 0 Å². The van der Waals surface area contributed by atoms with Gasteiger partial charge in [-0.1, -0.05) is 134 Å². The van der Waals surface area contributed by atoms with Crippen LogP contribution in [0.25, 0.3) is 0 Å². The molecule has 8 nitrogen and oxygen atoms in total. The number of rotatable bonds is 12. The van der Waals surface area contributed by atoms with Gasteiger partial charge in [0, 0.05) is 60.0 Å². The van der Waals surface area contributed by atoms with Crippen LogP contribution in [0.2, 0.25) is 0 Å². The minimum atomic E-state index is -4.11. The predicted octanol–water partition coefficient (Wildman–Crippen LogP) is 9.90. The maximum Gasteiger partial charge on any atom is 0.329 e. The van der Waals surface area contributed by atoms with E-state index in [1.807, 2.05) is 24.3 Å². The van der Waals surface area contributed by atoms with Gasteiger partial charge in [-0.05, 0) is 45.6 Å². The van der Waals surface area contributed by atoms with Gasteiger partial charge in [0.1, 0.15) is 11.5 Å². The van der Waals surface area contributed by atoms with Gasteiger partial charge in [0.15, 0.2) is 0 Å². The summed E-state index contributed by atoms with van der Waals surface area (Å²) in [5.74, 6) is 1.75. The summed E-state index contributed by atoms with van der Waals surface area (Å²) in [6, 6.07) is 7.59. The Morgan fingerprint density at radius 1 is 0.510 bits per heavy atom. The van der Waals surface area contributed by atoms with Crippen LogP contribution in [-0.2, 0) is 43.1 Å². The normalized spacial score (nSPS) is 12.9. The fraction of sp³-hybridized carbons (Fsp3) is 0.684. The SMILES string of the molecule is CCCCOc1c(C(C)(C)C)cc(CP(=O)(O)O)cc1C(C)(C)C.CCCCOc1c(C(C)(C)C)cc(CP(=O)(O)O)cc1C(C)(C)C.[Ca]. The van der Waals surface area contributed by atoms with Crippen molar-refractivity contribution in [1.29, 1.82) is 0 Å². The summed E-state index contributed by atoms with van der Waals surface area (Å²) in [7, 11) is -8.23. The molecule has 0 heterocycles. The van der Waals surface area contributed by atoms with Crippen LogP contribution in [0.15, 0.2) is 24.3 Å². The Labute approximate surface area is 327 Å². The number of hydrogen-bond donors (Lipinski definition) is 4. The van der Waals surface area contributed by atoms with Crippen LogP contribution in [0, 0.1) is 0 Å². The van der Waals surface area contributed by atoms with Gasteiger partial charge in [-0.15, -0.1) is 0 Å². The van der Waals surface area contributed by atoms with Crippen molar-refractivity contribution in [1.82, 2.24) is 0 Å². The summed E-state index contributed by atoms with van der Waals surface area (Å²) >= 11 is 0. The Morgan fingerprint density at radius 2 is 0.735 bits per heavy atom. The number of hydrogen-bond acceptors (Lipinski definition) is 4. The molecule has 2 radical (unpaired) electrons. The van der Waals surface area contributed by atoms with E-state index < -0.39 is 15.2 Å². The van der Waals surface area contributed by atoms with Crippen molar-refractivity contribution < 1.29 is 38.2 Å². The maximum absolute atomic E-state index is 11.5. The molecule has 0 saturated carbocycles. The topological polar surface area (TPSA) is 134 Å². The predicted molar refractivity (Wildman–Crippen MR) is 206 cm³/mol. The molecule has 11 heteroatoms. The third-order valence-electron chi connectivity index (χ3n) is 7.80. The Balaban J connectivity index is 0.000000922. The summed E-state index contributed by atoms with van der Waals surface area (Å²) in [5, 5.41) is 0. The van der Waals surface area contributed by atoms with E-state index in [0.717, 1.165) is 59.4 Å². The third kappa shape index (κ3) is 17.3. The van der Waals surface area contributed by atoms with Crippen LogP contribution in [0.4, 0.5) is 0 Å². The first-order valence-electron chi connectivity index (χ1n) is 17.2. The van der Waals surface area contributed by atoms with Crippen LogP contribution in [0.3, 0.4) is 0 Å². The molecular weight excluding hydrogens is 686 g/mol. The van der Waals surface area contributed by atoms with E-state index in [9.17, 15) is 28.7 Å². The molecule has 0 aromatic heterocycles. The molecule has 0 aliphatic carbocycles. The second-order valence-corrected chi connectivity index (χ2v) is 20.4. The van der Waals surface area contributed by atoms with E-state index in [-0.39, 0.29) is 71.7 Å². The van der Waals surface area contributed by atoms with Crippen molar-refractivity contribution in [3.63, 3.8) is 0 Å². The Hall–Kier alpha value is -0.400. The molecule has 4 N–H and O–H groups in total. The fourth-order valence-corrected chi connectivity index (χ4v) is 6.53. The van der Waals surface area contributed by atoms with Crippen molar-refractivity contribution in [3.05, 3.63) is 57.6 Å². The van der Waals surface area contributed by atoms with Gasteiger partial charge in [0.2, 0.25) is 0 Å². The van der Waals surface area contributed by atoms with E-state index in [1.54, 1.807) is 0 Å². The Morgan fingerprint density at radius 3 is 0.898 bits per heavy atom. The van der Waals surface area contributed by atoms with Crippen LogP contribution in [-0.4, -0.2) is 70.5 Å². The standard InChI is InChI=1S/2C19H33O4P.Ca/c2*1-8-9-10-23-17-15(18(2,3)4)11-14(13-24(20,21)22)12-16(17)19(5,6)7;/h2*11-12H,8-10,13H2,1-7H3,(H2,20,21,22);. The Kier molecular flexibility index (Phi) is 18.9. The molecule has 2 aromatic carbocycles. The number of benzene rings is 2. The van der Waals surface area contributed by atoms with Crippen LogP contribution in [0.5, 0.6) is 11.5 Å². The minimum Gasteiger partial charge on any atom is -0.493 e. The largest absolute Gasteiger partial charge is 0.493 e. The van der Waals surface area contributed by atoms with Crippen molar-refractivity contribution >= 4 is 52.9 Å². The molecule has 0 spiro atoms. The average Bonchev–Trinajstić information content (AvgIpc) is 2.86. The zero-order valence-corrected chi connectivity index (χ0v) is 37.0. The molecular formula is C38H66CaO8P2. The van der Waals surface area contributed by atoms with Crippen molar-refractivity contribution in [3.8, 4) is 11.5 Å². The first kappa shape index (κ1) is 48.6. The molecule has 0 amide bonds. The summed E-state index contributed by atoms with van der Waals surface area (Å²) in [6.45, 7) is 30.8. The van der Waals surface area contributed by atoms with Crippen LogP contribution < -0.4 is 9.47 Å². The second kappa shape index (κ2) is 19.1. The zero-order valence-electron chi connectivity index (χ0n) is 33.0. The number of ether oxygens (including phenoxy) is 2. The molecule has 278 valence electrons. The summed E-state index contributed by atoms with van der Waals surface area (Å²) < 4.78 is 35.3. The first-order chi connectivity index (χ1) is 21.5. The van der Waals surface area contributed by atoms with E-state index in [4.69, 9.17) is 9.47 Å². The van der Waals surface area contributed by atoms with E-state index >= 15 is 0 Å². The van der Waals surface area contributed by atoms with E-state index in [1.165, 1.54) is 0 Å². The molecule has 2 rings (SSSR count). The fourth-order valence-electron chi connectivity index (χ4n) is 5.21. The first-order valence-corrected chi connectivity index (χ1v) is 20.8. The molecule has 0 bridgehead atoms. The van der Waals surface area contributed by atoms with Gasteiger partial charge in [-0.25, -0.2) is 0 Å². The molecule has 0 saturated heterocycles. The van der Waals surface area contributed by atoms with Crippen molar-refractivity contribution in [2.24, 2.45) is 0 Å². The summed E-state index contributed by atoms with van der Waals surface area (Å²) in [4.78, 5) is 37.5. The second-order valence-electron chi connectivity index (χ2n) is 17.1. The maximum atomic E-state index is 11.5. The quantitative estimate of drug-likeness (QED) is 0.0957. The monoisotopic (exact) mass is 752 g/mol. The molecule has 0 aliphatic heterocycles. The number of unbranched alkanes of at least 4 members (excludes halogenated alkanes) is 2. The van der Waals surface area contributed by atoms with E-state index in [2.05, 4.69) is 96.9 Å². The van der Waals surface area contributed by atoms with Crippen molar-refractivity contribution in [2.45, 2.75) is 157 Å². The molecule has 0 unspecified atom stereocenters. The molecule has 2 aromatic rings. The average molecular weight is 753 g/mol. The Bertz CT molecular complexity index is 1250. The van der Waals surface area contributed by atoms with Gasteiger partial charge in [0.05, 0.1) is 25.5 Å². The third-order valence-corrected chi connectivity index (χ3v) is 9.35. The van der Waals surface area contributed by atoms with Gasteiger partial charge in [0.25, 0.3) is 0 Å². The molecule has 49 heavy (non-hydrogen) atoms. The van der Waals surface area contributed by atoms with Crippen molar-refractivity contribution in [2.75, 3.05) is 13.2 Å². The van der Waals surface area contributed by atoms with Gasteiger partial charge < -0.3 is 29.0 Å². The van der Waals surface area contributed by atoms with Gasteiger partial charge in [-0.3, -0.25) is 9.13 Å². The van der Waals surface area contributed by atoms with E-state index in [0.29, 0.717) is 24.3 Å². The minimum absolute atomic E-state index is 0. The molecule has 0 aliphatic rings. The molecule has 0 fully saturated rings.